The van der Waals surface area contributed by atoms with E-state index in [2.05, 4.69) is 62.3 Å². The van der Waals surface area contributed by atoms with Gasteiger partial charge in [0.1, 0.15) is 10.9 Å². The van der Waals surface area contributed by atoms with E-state index in [0.717, 1.165) is 42.3 Å². The van der Waals surface area contributed by atoms with Crippen LogP contribution in [-0.2, 0) is 10.2 Å². The van der Waals surface area contributed by atoms with E-state index in [0.29, 0.717) is 5.69 Å². The van der Waals surface area contributed by atoms with Crippen molar-refractivity contribution in [3.63, 3.8) is 0 Å². The molecule has 0 radical (unpaired) electrons. The van der Waals surface area contributed by atoms with E-state index in [1.807, 2.05) is 0 Å². The number of amides is 1. The molecule has 180 valence electrons. The standard InChI is InChI=1S/C26H30ClFN4OS/c1-25(2,3)18-7-5-17(6-8-18)23-24(31-26(30-23)11-13-32(4)14-12-26)34-16-22(33)29-19-9-10-21(28)20(27)15-19/h5-10,15H,11-14,16H2,1-4H3,(H,29,33). The molecule has 34 heavy (non-hydrogen) atoms. The van der Waals surface area contributed by atoms with Gasteiger partial charge in [-0.2, -0.15) is 0 Å². The number of anilines is 1. The van der Waals surface area contributed by atoms with Gasteiger partial charge in [-0.3, -0.25) is 9.79 Å². The van der Waals surface area contributed by atoms with Crippen LogP contribution in [0.15, 0.2) is 52.4 Å². The zero-order valence-electron chi connectivity index (χ0n) is 20.0. The maximum absolute atomic E-state index is 13.4. The van der Waals surface area contributed by atoms with Crippen LogP contribution in [0.1, 0.15) is 44.7 Å². The van der Waals surface area contributed by atoms with Gasteiger partial charge in [0, 0.05) is 37.2 Å². The van der Waals surface area contributed by atoms with Gasteiger partial charge in [-0.15, -0.1) is 0 Å². The number of likely N-dealkylation sites (tertiary alicyclic amines) is 1. The zero-order chi connectivity index (χ0) is 24.5. The van der Waals surface area contributed by atoms with Crippen molar-refractivity contribution in [2.75, 3.05) is 31.2 Å². The summed E-state index contributed by atoms with van der Waals surface area (Å²) in [5, 5.41) is 3.54. The fraction of sp³-hybridized carbons (Fsp3) is 0.423. The maximum Gasteiger partial charge on any atom is 0.234 e. The molecular weight excluding hydrogens is 471 g/mol. The molecule has 2 heterocycles. The van der Waals surface area contributed by atoms with Crippen molar-refractivity contribution >= 4 is 45.7 Å². The fourth-order valence-corrected chi connectivity index (χ4v) is 5.10. The molecule has 2 aromatic rings. The highest BCUT2D eigenvalue weighted by molar-refractivity contribution is 8.16. The number of thioether (sulfide) groups is 1. The van der Waals surface area contributed by atoms with Gasteiger partial charge in [0.25, 0.3) is 0 Å². The van der Waals surface area contributed by atoms with Crippen LogP contribution < -0.4 is 5.32 Å². The number of carbonyl (C=O) groups excluding carboxylic acids is 1. The Morgan fingerprint density at radius 2 is 1.82 bits per heavy atom. The Morgan fingerprint density at radius 1 is 1.15 bits per heavy atom. The number of carbonyl (C=O) groups is 1. The fourth-order valence-electron chi connectivity index (χ4n) is 4.04. The smallest absolute Gasteiger partial charge is 0.234 e. The Hall–Kier alpha value is -2.22. The Kier molecular flexibility index (Phi) is 7.17. The van der Waals surface area contributed by atoms with Gasteiger partial charge in [-0.25, -0.2) is 9.38 Å². The maximum atomic E-state index is 13.4. The van der Waals surface area contributed by atoms with Crippen LogP contribution in [0.3, 0.4) is 0 Å². The van der Waals surface area contributed by atoms with Gasteiger partial charge in [-0.05, 0) is 36.2 Å². The van der Waals surface area contributed by atoms with Gasteiger partial charge in [0.05, 0.1) is 16.5 Å². The molecule has 0 aromatic heterocycles. The molecule has 0 atom stereocenters. The third kappa shape index (κ3) is 5.70. The molecule has 1 fully saturated rings. The summed E-state index contributed by atoms with van der Waals surface area (Å²) in [5.41, 5.74) is 3.20. The average Bonchev–Trinajstić information content (AvgIpc) is 3.15. The molecule has 4 rings (SSSR count). The number of piperidine rings is 1. The van der Waals surface area contributed by atoms with E-state index in [9.17, 15) is 9.18 Å². The molecule has 0 saturated carbocycles. The summed E-state index contributed by atoms with van der Waals surface area (Å²) in [6, 6.07) is 12.6. The van der Waals surface area contributed by atoms with Crippen molar-refractivity contribution in [3.8, 4) is 0 Å². The lowest BCUT2D eigenvalue weighted by Gasteiger charge is -2.33. The largest absolute Gasteiger partial charge is 0.325 e. The summed E-state index contributed by atoms with van der Waals surface area (Å²) in [7, 11) is 2.11. The van der Waals surface area contributed by atoms with E-state index in [1.165, 1.54) is 35.5 Å². The third-order valence-electron chi connectivity index (χ3n) is 6.19. The monoisotopic (exact) mass is 500 g/mol. The minimum absolute atomic E-state index is 0.0250. The molecule has 1 saturated heterocycles. The van der Waals surface area contributed by atoms with Gasteiger partial charge >= 0.3 is 0 Å². The minimum atomic E-state index is -0.517. The first-order valence-corrected chi connectivity index (χ1v) is 12.8. The SMILES string of the molecule is CN1CCC2(CC1)N=C(SCC(=O)Nc1ccc(F)c(Cl)c1)C(c1ccc(C(C)(C)C)cc1)=N2. The Bertz CT molecular complexity index is 1130. The lowest BCUT2D eigenvalue weighted by molar-refractivity contribution is -0.113. The highest BCUT2D eigenvalue weighted by Gasteiger charge is 2.39. The number of aliphatic imine (C=N–C) groups is 2. The number of nitrogens with one attached hydrogen (secondary N) is 1. The second-order valence-electron chi connectivity index (χ2n) is 9.96. The summed E-state index contributed by atoms with van der Waals surface area (Å²) < 4.78 is 13.4. The molecule has 0 bridgehead atoms. The molecule has 1 N–H and O–H groups in total. The van der Waals surface area contributed by atoms with Crippen molar-refractivity contribution in [2.45, 2.75) is 44.7 Å². The number of hydrogen-bond acceptors (Lipinski definition) is 5. The summed E-state index contributed by atoms with van der Waals surface area (Å²) >= 11 is 7.21. The van der Waals surface area contributed by atoms with Gasteiger partial charge in [-0.1, -0.05) is 68.4 Å². The molecule has 2 aliphatic rings. The van der Waals surface area contributed by atoms with Crippen molar-refractivity contribution in [1.82, 2.24) is 4.90 Å². The normalized spacial score (nSPS) is 18.1. The highest BCUT2D eigenvalue weighted by Crippen LogP contribution is 2.35. The number of rotatable bonds is 4. The first-order chi connectivity index (χ1) is 16.0. The highest BCUT2D eigenvalue weighted by atomic mass is 35.5. The van der Waals surface area contributed by atoms with Crippen LogP contribution in [0.25, 0.3) is 0 Å². The summed E-state index contributed by atoms with van der Waals surface area (Å²) in [4.78, 5) is 25.1. The topological polar surface area (TPSA) is 57.1 Å². The van der Waals surface area contributed by atoms with Crippen molar-refractivity contribution in [3.05, 3.63) is 64.4 Å². The second kappa shape index (κ2) is 9.80. The molecule has 5 nitrogen and oxygen atoms in total. The third-order valence-corrected chi connectivity index (χ3v) is 7.44. The van der Waals surface area contributed by atoms with E-state index in [4.69, 9.17) is 21.6 Å². The molecule has 1 spiro atoms. The molecule has 8 heteroatoms. The first-order valence-electron chi connectivity index (χ1n) is 11.4. The van der Waals surface area contributed by atoms with E-state index < -0.39 is 11.5 Å². The number of nitrogens with zero attached hydrogens (tertiary/aromatic N) is 3. The minimum Gasteiger partial charge on any atom is -0.325 e. The summed E-state index contributed by atoms with van der Waals surface area (Å²) in [6.07, 6.45) is 1.72. The quantitative estimate of drug-likeness (QED) is 0.579. The molecule has 1 amide bonds. The van der Waals surface area contributed by atoms with Gasteiger partial charge < -0.3 is 10.2 Å². The van der Waals surface area contributed by atoms with E-state index in [1.54, 1.807) is 0 Å². The summed E-state index contributed by atoms with van der Waals surface area (Å²) in [6.45, 7) is 8.45. The molecule has 2 aliphatic heterocycles. The zero-order valence-corrected chi connectivity index (χ0v) is 21.6. The Labute approximate surface area is 209 Å². The predicted octanol–water partition coefficient (Wildman–Crippen LogP) is 5.77. The first kappa shape index (κ1) is 24.9. The second-order valence-corrected chi connectivity index (χ2v) is 11.3. The van der Waals surface area contributed by atoms with Gasteiger partial charge in [0.15, 0.2) is 5.66 Å². The Balaban J connectivity index is 1.52. The lowest BCUT2D eigenvalue weighted by Crippen LogP contribution is -2.39. The molecule has 0 aliphatic carbocycles. The average molecular weight is 501 g/mol. The number of hydrogen-bond donors (Lipinski definition) is 1. The van der Waals surface area contributed by atoms with Gasteiger partial charge in [0.2, 0.25) is 5.91 Å². The molecular formula is C26H30ClFN4OS. The van der Waals surface area contributed by atoms with Crippen LogP contribution in [0.2, 0.25) is 5.02 Å². The van der Waals surface area contributed by atoms with Crippen LogP contribution in [0.5, 0.6) is 0 Å². The molecule has 0 unspecified atom stereocenters. The Morgan fingerprint density at radius 3 is 2.44 bits per heavy atom. The lowest BCUT2D eigenvalue weighted by atomic mass is 9.86. The molecule has 2 aromatic carbocycles. The van der Waals surface area contributed by atoms with Crippen molar-refractivity contribution in [2.24, 2.45) is 9.98 Å². The summed E-state index contributed by atoms with van der Waals surface area (Å²) in [5.74, 6) is -0.554. The van der Waals surface area contributed by atoms with Crippen molar-refractivity contribution in [1.29, 1.82) is 0 Å². The van der Waals surface area contributed by atoms with E-state index >= 15 is 0 Å². The number of benzene rings is 2. The van der Waals surface area contributed by atoms with Crippen LogP contribution in [0, 0.1) is 5.82 Å². The van der Waals surface area contributed by atoms with Crippen LogP contribution >= 0.6 is 23.4 Å². The van der Waals surface area contributed by atoms with Crippen LogP contribution in [0.4, 0.5) is 10.1 Å². The van der Waals surface area contributed by atoms with Crippen molar-refractivity contribution < 1.29 is 9.18 Å². The van der Waals surface area contributed by atoms with E-state index in [-0.39, 0.29) is 22.1 Å². The van der Waals surface area contributed by atoms with Crippen LogP contribution in [-0.4, -0.2) is 53.1 Å². The predicted molar refractivity (Wildman–Crippen MR) is 141 cm³/mol. The number of halogens is 2.